The van der Waals surface area contributed by atoms with Crippen LogP contribution >= 0.6 is 0 Å². The van der Waals surface area contributed by atoms with Gasteiger partial charge in [-0.3, -0.25) is 0 Å². The summed E-state index contributed by atoms with van der Waals surface area (Å²) in [5.41, 5.74) is 33.9. The van der Waals surface area contributed by atoms with Gasteiger partial charge in [0.1, 0.15) is 0 Å². The number of fused-ring (bicyclic) bond motifs is 20. The second-order valence-corrected chi connectivity index (χ2v) is 33.4. The highest BCUT2D eigenvalue weighted by molar-refractivity contribution is 5.98. The number of rotatable bonds is 10. The minimum atomic E-state index is -0.379. The van der Waals surface area contributed by atoms with Gasteiger partial charge in [0.2, 0.25) is 0 Å². The van der Waals surface area contributed by atoms with Crippen LogP contribution in [0.1, 0.15) is 95.8 Å². The molecule has 0 heterocycles. The quantitative estimate of drug-likeness (QED) is 0.110. The Morgan fingerprint density at radius 2 is 0.412 bits per heavy atom. The van der Waals surface area contributed by atoms with Crippen LogP contribution in [0.3, 0.4) is 0 Å². The summed E-state index contributed by atoms with van der Waals surface area (Å²) < 4.78 is 0. The fourth-order valence-electron chi connectivity index (χ4n) is 19.3. The number of anilines is 8. The Morgan fingerprint density at radius 1 is 0.176 bits per heavy atom. The molecule has 19 aromatic rings. The zero-order valence-corrected chi connectivity index (χ0v) is 67.5. The zero-order chi connectivity index (χ0) is 80.2. The van der Waals surface area contributed by atoms with Crippen LogP contribution < -0.4 is 21.3 Å². The first-order chi connectivity index (χ1) is 58.3. The van der Waals surface area contributed by atoms with Gasteiger partial charge in [-0.15, -0.1) is 0 Å². The summed E-state index contributed by atoms with van der Waals surface area (Å²) in [4.78, 5) is 0. The molecule has 4 aliphatic carbocycles. The van der Waals surface area contributed by atoms with Crippen molar-refractivity contribution in [3.05, 3.63) is 492 Å². The highest BCUT2D eigenvalue weighted by atomic mass is 14.9. The Kier molecular flexibility index (Phi) is 18.6. The Bertz CT molecular complexity index is 6780. The molecule has 0 saturated carbocycles. The monoisotopic (exact) mass is 1530 g/mol. The van der Waals surface area contributed by atoms with E-state index in [4.69, 9.17) is 0 Å². The first-order valence-corrected chi connectivity index (χ1v) is 41.5. The molecule has 4 N–H and O–H groups in total. The summed E-state index contributed by atoms with van der Waals surface area (Å²) in [6.07, 6.45) is 0. The zero-order valence-electron chi connectivity index (χ0n) is 67.5. The van der Waals surface area contributed by atoms with Gasteiger partial charge >= 0.3 is 0 Å². The molecule has 0 aromatic heterocycles. The molecule has 0 unspecified atom stereocenters. The molecule has 0 aliphatic heterocycles. The molecular formula is C115H90N4. The van der Waals surface area contributed by atoms with Crippen molar-refractivity contribution in [1.82, 2.24) is 0 Å². The van der Waals surface area contributed by atoms with Crippen LogP contribution in [0.4, 0.5) is 45.5 Å². The lowest BCUT2D eigenvalue weighted by Crippen LogP contribution is -2.28. The van der Waals surface area contributed by atoms with Crippen LogP contribution in [-0.4, -0.2) is 0 Å². The maximum Gasteiger partial charge on any atom is 0.0726 e. The van der Waals surface area contributed by atoms with Crippen molar-refractivity contribution in [1.29, 1.82) is 0 Å². The molecule has 23 rings (SSSR count). The number of benzene rings is 19. The van der Waals surface area contributed by atoms with Crippen molar-refractivity contribution in [3.63, 3.8) is 0 Å². The lowest BCUT2D eigenvalue weighted by Gasteiger charge is -2.34. The standard InChI is InChI=1S/C35H23N.C35H25N.C25H21N.C20H21N/c1-2-10-24-21-25(18-17-23(24)9-1)36-26-19-20-30-29-13-5-8-16-33(29)35(34(30)22-26)31-14-6-3-11-27(31)28-12-4-7-15-32(28)35;1-3-13-27(14-4-1)35(28-15-5-2-6-16-28)33-18-10-9-17-31(33)32-22-21-30(24-34(32)35)36-29-20-19-25-11-7-8-12-26(25)23-29;1-25(2)23-10-6-5-9-21(23)22-14-13-20(16-24(22)25)26-19-12-11-17-7-3-4-8-18(17)15-19;1-20(2,3)17-9-12-18(13-10-17)21-19-11-8-15-6-4-5-7-16(15)14-19/h1-22,36H;1-24,36H;3-16,26H,1-2H3;4-14,21H,1-3H3. The molecule has 1 spiro atoms. The molecule has 4 aliphatic rings. The fraction of sp³-hybridized carbons (Fsp3) is 0.0783. The van der Waals surface area contributed by atoms with Crippen molar-refractivity contribution in [2.45, 2.75) is 56.3 Å². The SMILES string of the molecule is CC(C)(C)c1ccc(Nc2ccc3ccccc3c2)cc1.CC1(C)c2ccccc2-c2ccc(Nc3ccc4ccccc4c3)cc21.c1ccc(C2(c3ccccc3)c3ccccc3-c3ccc(Nc4ccc5ccccc5c4)cc32)cc1.c1ccc2c(c1)-c1ccccc1C21c2ccccc2-c2ccc(Nc3ccc4ccccc4c3)cc21. The molecule has 0 bridgehead atoms. The number of hydrogen-bond donors (Lipinski definition) is 4. The smallest absolute Gasteiger partial charge is 0.0726 e. The highest BCUT2D eigenvalue weighted by Crippen LogP contribution is 2.64. The van der Waals surface area contributed by atoms with E-state index >= 15 is 0 Å². The van der Waals surface area contributed by atoms with Gasteiger partial charge in [0.05, 0.1) is 10.8 Å². The molecule has 19 aromatic carbocycles. The van der Waals surface area contributed by atoms with Crippen molar-refractivity contribution < 1.29 is 0 Å². The summed E-state index contributed by atoms with van der Waals surface area (Å²) in [6, 6.07) is 156. The molecule has 4 nitrogen and oxygen atoms in total. The first kappa shape index (κ1) is 73.3. The van der Waals surface area contributed by atoms with E-state index in [2.05, 4.69) is 487 Å². The highest BCUT2D eigenvalue weighted by Gasteiger charge is 2.52. The summed E-state index contributed by atoms with van der Waals surface area (Å²) in [6.45, 7) is 11.3. The topological polar surface area (TPSA) is 48.1 Å². The number of nitrogens with one attached hydrogen (secondary N) is 4. The van der Waals surface area contributed by atoms with Gasteiger partial charge in [-0.25, -0.2) is 0 Å². The van der Waals surface area contributed by atoms with Gasteiger partial charge in [0.15, 0.2) is 0 Å². The fourth-order valence-corrected chi connectivity index (χ4v) is 19.3. The van der Waals surface area contributed by atoms with E-state index < -0.39 is 0 Å². The van der Waals surface area contributed by atoms with Crippen molar-refractivity contribution in [3.8, 4) is 44.5 Å². The van der Waals surface area contributed by atoms with Crippen molar-refractivity contribution >= 4 is 88.6 Å². The normalized spacial score (nSPS) is 13.3. The Balaban J connectivity index is 0.000000104. The van der Waals surface area contributed by atoms with E-state index in [9.17, 15) is 0 Å². The third kappa shape index (κ3) is 13.2. The lowest BCUT2D eigenvalue weighted by atomic mass is 9.67. The van der Waals surface area contributed by atoms with E-state index in [-0.39, 0.29) is 21.7 Å². The van der Waals surface area contributed by atoms with Gasteiger partial charge in [0.25, 0.3) is 0 Å². The van der Waals surface area contributed by atoms with Crippen LogP contribution in [0.2, 0.25) is 0 Å². The van der Waals surface area contributed by atoms with E-state index in [1.807, 2.05) is 0 Å². The third-order valence-electron chi connectivity index (χ3n) is 24.9. The van der Waals surface area contributed by atoms with Crippen LogP contribution in [-0.2, 0) is 21.7 Å². The lowest BCUT2D eigenvalue weighted by molar-refractivity contribution is 0.590. The van der Waals surface area contributed by atoms with E-state index in [0.717, 1.165) is 45.5 Å². The second kappa shape index (κ2) is 30.2. The van der Waals surface area contributed by atoms with Gasteiger partial charge in [-0.2, -0.15) is 0 Å². The van der Waals surface area contributed by atoms with E-state index in [1.54, 1.807) is 0 Å². The van der Waals surface area contributed by atoms with Crippen LogP contribution in [0.25, 0.3) is 87.6 Å². The summed E-state index contributed by atoms with van der Waals surface area (Å²) in [5.74, 6) is 0. The molecule has 0 radical (unpaired) electrons. The maximum atomic E-state index is 3.71. The van der Waals surface area contributed by atoms with Gasteiger partial charge in [0, 0.05) is 50.9 Å². The molecule has 0 atom stereocenters. The van der Waals surface area contributed by atoms with Crippen LogP contribution in [0, 0.1) is 0 Å². The Morgan fingerprint density at radius 3 is 0.765 bits per heavy atom. The second-order valence-electron chi connectivity index (χ2n) is 33.4. The van der Waals surface area contributed by atoms with Crippen molar-refractivity contribution in [2.24, 2.45) is 0 Å². The molecule has 0 saturated heterocycles. The van der Waals surface area contributed by atoms with E-state index in [1.165, 1.54) is 149 Å². The molecule has 0 amide bonds. The van der Waals surface area contributed by atoms with Gasteiger partial charge < -0.3 is 21.3 Å². The minimum absolute atomic E-state index is 0.0347. The van der Waals surface area contributed by atoms with Gasteiger partial charge in [-0.05, 0) is 251 Å². The van der Waals surface area contributed by atoms with Gasteiger partial charge in [-0.1, -0.05) is 368 Å². The van der Waals surface area contributed by atoms with Crippen LogP contribution in [0.5, 0.6) is 0 Å². The predicted octanol–water partition coefficient (Wildman–Crippen LogP) is 30.6. The largest absolute Gasteiger partial charge is 0.356 e. The third-order valence-corrected chi connectivity index (χ3v) is 24.9. The Hall–Kier alpha value is -14.6. The summed E-state index contributed by atoms with van der Waals surface area (Å²) in [5, 5.41) is 24.5. The number of hydrogen-bond acceptors (Lipinski definition) is 4. The summed E-state index contributed by atoms with van der Waals surface area (Å²) in [7, 11) is 0. The van der Waals surface area contributed by atoms with E-state index in [0.29, 0.717) is 0 Å². The first-order valence-electron chi connectivity index (χ1n) is 41.5. The molecule has 570 valence electrons. The average Bonchev–Trinajstić information content (AvgIpc) is 1.51. The maximum absolute atomic E-state index is 3.71. The van der Waals surface area contributed by atoms with Crippen molar-refractivity contribution in [2.75, 3.05) is 21.3 Å². The molecule has 4 heteroatoms. The Labute approximate surface area is 697 Å². The molecular weight excluding hydrogens is 1440 g/mol. The molecule has 0 fully saturated rings. The van der Waals surface area contributed by atoms with Crippen LogP contribution in [0.15, 0.2) is 431 Å². The summed E-state index contributed by atoms with van der Waals surface area (Å²) >= 11 is 0. The predicted molar refractivity (Wildman–Crippen MR) is 505 cm³/mol. The average molecular weight is 1530 g/mol. The molecule has 119 heavy (non-hydrogen) atoms. The minimum Gasteiger partial charge on any atom is -0.356 e.